The van der Waals surface area contributed by atoms with Crippen molar-refractivity contribution in [3.63, 3.8) is 0 Å². The molecule has 3 heteroatoms. The third-order valence-corrected chi connectivity index (χ3v) is 1.79. The molecular formula is C9H13N3. The molecule has 0 unspecified atom stereocenters. The topological polar surface area (TPSA) is 78.1 Å². The van der Waals surface area contributed by atoms with Crippen LogP contribution >= 0.6 is 0 Å². The zero-order valence-electron chi connectivity index (χ0n) is 6.83. The number of nitrogens with two attached hydrogens (primary N) is 3. The van der Waals surface area contributed by atoms with Crippen molar-refractivity contribution >= 4 is 11.4 Å². The van der Waals surface area contributed by atoms with Gasteiger partial charge < -0.3 is 17.2 Å². The van der Waals surface area contributed by atoms with Crippen LogP contribution in [0.15, 0.2) is 30.9 Å². The predicted molar refractivity (Wildman–Crippen MR) is 52.4 cm³/mol. The van der Waals surface area contributed by atoms with Crippen LogP contribution in [0, 0.1) is 0 Å². The average Bonchev–Trinajstić information content (AvgIpc) is 2.08. The number of nitrogen functional groups attached to an aromatic ring is 2. The Hall–Kier alpha value is -1.48. The first-order chi connectivity index (χ1) is 5.66. The minimum Gasteiger partial charge on any atom is -0.397 e. The standard InChI is InChI=1S/C9H13N3/c1-2-7(10)6-4-3-5-8(11)9(6)12/h2-5,7H,1,10-12H2/t7-/m0/s1. The predicted octanol–water partition coefficient (Wildman–Crippen LogP) is 1.04. The molecule has 0 spiro atoms. The molecular weight excluding hydrogens is 150 g/mol. The molecule has 0 fully saturated rings. The Balaban J connectivity index is 3.15. The van der Waals surface area contributed by atoms with Crippen molar-refractivity contribution in [3.05, 3.63) is 36.4 Å². The van der Waals surface area contributed by atoms with Crippen LogP contribution < -0.4 is 17.2 Å². The summed E-state index contributed by atoms with van der Waals surface area (Å²) in [5.74, 6) is 0. The van der Waals surface area contributed by atoms with E-state index in [1.165, 1.54) is 0 Å². The maximum absolute atomic E-state index is 5.71. The van der Waals surface area contributed by atoms with E-state index < -0.39 is 0 Å². The van der Waals surface area contributed by atoms with Crippen molar-refractivity contribution in [2.45, 2.75) is 6.04 Å². The molecule has 0 heterocycles. The van der Waals surface area contributed by atoms with Gasteiger partial charge in [-0.25, -0.2) is 0 Å². The minimum atomic E-state index is -0.242. The van der Waals surface area contributed by atoms with Crippen LogP contribution in [0.25, 0.3) is 0 Å². The van der Waals surface area contributed by atoms with E-state index in [4.69, 9.17) is 17.2 Å². The summed E-state index contributed by atoms with van der Waals surface area (Å²) in [6.07, 6.45) is 1.63. The van der Waals surface area contributed by atoms with Crippen molar-refractivity contribution in [1.29, 1.82) is 0 Å². The highest BCUT2D eigenvalue weighted by Crippen LogP contribution is 2.24. The highest BCUT2D eigenvalue weighted by molar-refractivity contribution is 5.68. The van der Waals surface area contributed by atoms with Crippen LogP contribution in [-0.4, -0.2) is 0 Å². The maximum Gasteiger partial charge on any atom is 0.0599 e. The van der Waals surface area contributed by atoms with Gasteiger partial charge >= 0.3 is 0 Å². The normalized spacial score (nSPS) is 12.4. The molecule has 6 N–H and O–H groups in total. The first kappa shape index (κ1) is 8.62. The van der Waals surface area contributed by atoms with Crippen molar-refractivity contribution in [2.24, 2.45) is 5.73 Å². The SMILES string of the molecule is C=C[C@H](N)c1cccc(N)c1N. The van der Waals surface area contributed by atoms with Crippen LogP contribution in [0.1, 0.15) is 11.6 Å². The summed E-state index contributed by atoms with van der Waals surface area (Å²) in [5.41, 5.74) is 18.9. The smallest absolute Gasteiger partial charge is 0.0599 e. The second-order valence-electron chi connectivity index (χ2n) is 2.61. The van der Waals surface area contributed by atoms with Gasteiger partial charge in [-0.15, -0.1) is 6.58 Å². The van der Waals surface area contributed by atoms with Gasteiger partial charge in [-0.05, 0) is 11.6 Å². The van der Waals surface area contributed by atoms with Crippen molar-refractivity contribution in [1.82, 2.24) is 0 Å². The fourth-order valence-corrected chi connectivity index (χ4v) is 1.02. The van der Waals surface area contributed by atoms with Crippen molar-refractivity contribution in [3.8, 4) is 0 Å². The van der Waals surface area contributed by atoms with Gasteiger partial charge in [0.15, 0.2) is 0 Å². The van der Waals surface area contributed by atoms with Crippen LogP contribution in [-0.2, 0) is 0 Å². The van der Waals surface area contributed by atoms with Crippen LogP contribution in [0.4, 0.5) is 11.4 Å². The monoisotopic (exact) mass is 163 g/mol. The van der Waals surface area contributed by atoms with E-state index in [0.717, 1.165) is 5.56 Å². The van der Waals surface area contributed by atoms with E-state index in [-0.39, 0.29) is 6.04 Å². The Labute approximate surface area is 71.9 Å². The first-order valence-electron chi connectivity index (χ1n) is 3.68. The molecule has 1 aromatic carbocycles. The van der Waals surface area contributed by atoms with E-state index in [1.54, 1.807) is 12.1 Å². The van der Waals surface area contributed by atoms with E-state index in [0.29, 0.717) is 11.4 Å². The van der Waals surface area contributed by atoms with Crippen molar-refractivity contribution < 1.29 is 0 Å². The molecule has 0 aliphatic carbocycles. The molecule has 0 amide bonds. The first-order valence-corrected chi connectivity index (χ1v) is 3.68. The molecule has 1 aromatic rings. The fraction of sp³-hybridized carbons (Fsp3) is 0.111. The van der Waals surface area contributed by atoms with Crippen LogP contribution in [0.5, 0.6) is 0 Å². The molecule has 3 nitrogen and oxygen atoms in total. The number of rotatable bonds is 2. The molecule has 1 rings (SSSR count). The quantitative estimate of drug-likeness (QED) is 0.450. The van der Waals surface area contributed by atoms with Gasteiger partial charge in [-0.1, -0.05) is 18.2 Å². The Kier molecular flexibility index (Phi) is 2.35. The molecule has 0 aliphatic rings. The average molecular weight is 163 g/mol. The second-order valence-corrected chi connectivity index (χ2v) is 2.61. The van der Waals surface area contributed by atoms with Gasteiger partial charge in [0.1, 0.15) is 0 Å². The summed E-state index contributed by atoms with van der Waals surface area (Å²) in [6, 6.07) is 5.17. The summed E-state index contributed by atoms with van der Waals surface area (Å²) >= 11 is 0. The van der Waals surface area contributed by atoms with Crippen LogP contribution in [0.3, 0.4) is 0 Å². The van der Waals surface area contributed by atoms with Gasteiger partial charge in [-0.3, -0.25) is 0 Å². The van der Waals surface area contributed by atoms with E-state index in [9.17, 15) is 0 Å². The third kappa shape index (κ3) is 1.40. The number of hydrogen-bond acceptors (Lipinski definition) is 3. The summed E-state index contributed by atoms with van der Waals surface area (Å²) in [7, 11) is 0. The second kappa shape index (κ2) is 3.28. The molecule has 0 saturated heterocycles. The number of para-hydroxylation sites is 1. The van der Waals surface area contributed by atoms with Gasteiger partial charge in [0, 0.05) is 6.04 Å². The maximum atomic E-state index is 5.71. The number of anilines is 2. The van der Waals surface area contributed by atoms with E-state index in [2.05, 4.69) is 6.58 Å². The molecule has 0 aliphatic heterocycles. The summed E-state index contributed by atoms with van der Waals surface area (Å²) in [5, 5.41) is 0. The zero-order valence-corrected chi connectivity index (χ0v) is 6.83. The lowest BCUT2D eigenvalue weighted by Gasteiger charge is -2.11. The molecule has 64 valence electrons. The van der Waals surface area contributed by atoms with Gasteiger partial charge in [-0.2, -0.15) is 0 Å². The summed E-state index contributed by atoms with van der Waals surface area (Å²) in [4.78, 5) is 0. The Morgan fingerprint density at radius 1 is 1.33 bits per heavy atom. The lowest BCUT2D eigenvalue weighted by atomic mass is 10.0. The highest BCUT2D eigenvalue weighted by Gasteiger charge is 2.06. The van der Waals surface area contributed by atoms with E-state index >= 15 is 0 Å². The minimum absolute atomic E-state index is 0.242. The van der Waals surface area contributed by atoms with E-state index in [1.807, 2.05) is 12.1 Å². The highest BCUT2D eigenvalue weighted by atomic mass is 14.7. The number of benzene rings is 1. The van der Waals surface area contributed by atoms with Gasteiger partial charge in [0.25, 0.3) is 0 Å². The molecule has 1 atom stereocenters. The molecule has 0 aromatic heterocycles. The van der Waals surface area contributed by atoms with Gasteiger partial charge in [0.2, 0.25) is 0 Å². The molecule has 0 radical (unpaired) electrons. The molecule has 0 bridgehead atoms. The fourth-order valence-electron chi connectivity index (χ4n) is 1.02. The largest absolute Gasteiger partial charge is 0.397 e. The lowest BCUT2D eigenvalue weighted by Crippen LogP contribution is -2.10. The Morgan fingerprint density at radius 3 is 2.58 bits per heavy atom. The molecule has 0 saturated carbocycles. The number of hydrogen-bond donors (Lipinski definition) is 3. The Morgan fingerprint density at radius 2 is 2.00 bits per heavy atom. The Bertz CT molecular complexity index is 294. The van der Waals surface area contributed by atoms with Gasteiger partial charge in [0.05, 0.1) is 11.4 Å². The third-order valence-electron chi connectivity index (χ3n) is 1.79. The summed E-state index contributed by atoms with van der Waals surface area (Å²) in [6.45, 7) is 3.59. The zero-order chi connectivity index (χ0) is 9.14. The molecule has 12 heavy (non-hydrogen) atoms. The van der Waals surface area contributed by atoms with Crippen molar-refractivity contribution in [2.75, 3.05) is 11.5 Å². The summed E-state index contributed by atoms with van der Waals surface area (Å²) < 4.78 is 0. The lowest BCUT2D eigenvalue weighted by molar-refractivity contribution is 0.918. The van der Waals surface area contributed by atoms with Crippen LogP contribution in [0.2, 0.25) is 0 Å².